The van der Waals surface area contributed by atoms with Gasteiger partial charge in [-0.3, -0.25) is 0 Å². The Labute approximate surface area is 93.5 Å². The van der Waals surface area contributed by atoms with Gasteiger partial charge in [-0.05, 0) is 43.9 Å². The molecule has 0 N–H and O–H groups in total. The van der Waals surface area contributed by atoms with Gasteiger partial charge in [0.25, 0.3) is 0 Å². The molecule has 0 radical (unpaired) electrons. The predicted octanol–water partition coefficient (Wildman–Crippen LogP) is 4.06. The Morgan fingerprint density at radius 3 is 2.53 bits per heavy atom. The molecule has 15 heavy (non-hydrogen) atoms. The van der Waals surface area contributed by atoms with Gasteiger partial charge < -0.3 is 4.74 Å². The van der Waals surface area contributed by atoms with E-state index < -0.39 is 0 Å². The van der Waals surface area contributed by atoms with Crippen molar-refractivity contribution >= 4 is 0 Å². The fourth-order valence-electron chi connectivity index (χ4n) is 1.56. The highest BCUT2D eigenvalue weighted by atomic mass is 16.5. The zero-order valence-electron chi connectivity index (χ0n) is 10.3. The third kappa shape index (κ3) is 4.37. The van der Waals surface area contributed by atoms with E-state index in [1.807, 2.05) is 6.07 Å². The van der Waals surface area contributed by atoms with Crippen LogP contribution >= 0.6 is 0 Å². The summed E-state index contributed by atoms with van der Waals surface area (Å²) in [5.74, 6) is 1.74. The highest BCUT2D eigenvalue weighted by Crippen LogP contribution is 2.18. The van der Waals surface area contributed by atoms with Gasteiger partial charge in [0, 0.05) is 0 Å². The Hall–Kier alpha value is -0.980. The number of ether oxygens (including phenoxy) is 1. The first-order valence-electron chi connectivity index (χ1n) is 5.87. The molecule has 0 amide bonds. The molecule has 0 aliphatic rings. The Kier molecular flexibility index (Phi) is 4.67. The summed E-state index contributed by atoms with van der Waals surface area (Å²) in [6, 6.07) is 8.45. The number of hydrogen-bond acceptors (Lipinski definition) is 1. The summed E-state index contributed by atoms with van der Waals surface area (Å²) >= 11 is 0. The van der Waals surface area contributed by atoms with Crippen molar-refractivity contribution in [1.82, 2.24) is 0 Å². The molecule has 0 saturated carbocycles. The average Bonchev–Trinajstić information content (AvgIpc) is 2.17. The molecule has 0 aromatic heterocycles. The topological polar surface area (TPSA) is 9.23 Å². The Morgan fingerprint density at radius 2 is 1.93 bits per heavy atom. The maximum absolute atomic E-state index is 5.67. The molecule has 1 nitrogen and oxygen atoms in total. The van der Waals surface area contributed by atoms with Crippen molar-refractivity contribution in [2.24, 2.45) is 5.92 Å². The largest absolute Gasteiger partial charge is 0.491 e. The van der Waals surface area contributed by atoms with Crippen LogP contribution in [-0.2, 0) is 6.42 Å². The average molecular weight is 206 g/mol. The second-order valence-corrected chi connectivity index (χ2v) is 4.53. The van der Waals surface area contributed by atoms with E-state index in [9.17, 15) is 0 Å². The smallest absolute Gasteiger partial charge is 0.119 e. The van der Waals surface area contributed by atoms with E-state index >= 15 is 0 Å². The summed E-state index contributed by atoms with van der Waals surface area (Å²) < 4.78 is 5.67. The molecule has 0 bridgehead atoms. The Balaban J connectivity index is 2.65. The summed E-state index contributed by atoms with van der Waals surface area (Å²) in [5, 5.41) is 0. The van der Waals surface area contributed by atoms with Crippen LogP contribution in [-0.4, -0.2) is 6.10 Å². The number of benzene rings is 1. The molecule has 1 atom stereocenters. The molecule has 1 aromatic rings. The second-order valence-electron chi connectivity index (χ2n) is 4.53. The molecule has 0 aliphatic carbocycles. The van der Waals surface area contributed by atoms with Crippen LogP contribution in [0.3, 0.4) is 0 Å². The van der Waals surface area contributed by atoms with Crippen LogP contribution in [0.25, 0.3) is 0 Å². The maximum Gasteiger partial charge on any atom is 0.119 e. The molecular weight excluding hydrogens is 184 g/mol. The van der Waals surface area contributed by atoms with Gasteiger partial charge in [-0.2, -0.15) is 0 Å². The van der Waals surface area contributed by atoms with Crippen molar-refractivity contribution in [1.29, 1.82) is 0 Å². The fourth-order valence-corrected chi connectivity index (χ4v) is 1.56. The molecule has 1 rings (SSSR count). The molecule has 1 heteroatoms. The first-order valence-corrected chi connectivity index (χ1v) is 5.87. The zero-order chi connectivity index (χ0) is 11.3. The van der Waals surface area contributed by atoms with Gasteiger partial charge in [0.15, 0.2) is 0 Å². The van der Waals surface area contributed by atoms with Crippen LogP contribution in [0.5, 0.6) is 5.75 Å². The lowest BCUT2D eigenvalue weighted by Gasteiger charge is -2.12. The van der Waals surface area contributed by atoms with Crippen molar-refractivity contribution in [2.75, 3.05) is 0 Å². The Morgan fingerprint density at radius 1 is 1.20 bits per heavy atom. The van der Waals surface area contributed by atoms with Crippen LogP contribution in [0.2, 0.25) is 0 Å². The summed E-state index contributed by atoms with van der Waals surface area (Å²) in [7, 11) is 0. The van der Waals surface area contributed by atoms with E-state index in [0.29, 0.717) is 0 Å². The van der Waals surface area contributed by atoms with Gasteiger partial charge in [-0.1, -0.05) is 32.4 Å². The van der Waals surface area contributed by atoms with Crippen molar-refractivity contribution in [3.05, 3.63) is 29.8 Å². The summed E-state index contributed by atoms with van der Waals surface area (Å²) in [6.07, 6.45) is 2.63. The van der Waals surface area contributed by atoms with Crippen LogP contribution in [0, 0.1) is 5.92 Å². The van der Waals surface area contributed by atoms with Crippen LogP contribution < -0.4 is 4.74 Å². The van der Waals surface area contributed by atoms with Crippen molar-refractivity contribution < 1.29 is 4.74 Å². The highest BCUT2D eigenvalue weighted by Gasteiger charge is 2.03. The lowest BCUT2D eigenvalue weighted by atomic mass is 9.99. The lowest BCUT2D eigenvalue weighted by molar-refractivity contribution is 0.242. The molecule has 1 aromatic carbocycles. The third-order valence-electron chi connectivity index (χ3n) is 2.55. The maximum atomic E-state index is 5.67. The van der Waals surface area contributed by atoms with Crippen molar-refractivity contribution in [3.8, 4) is 5.75 Å². The molecule has 0 saturated heterocycles. The summed E-state index contributed by atoms with van der Waals surface area (Å²) in [6.45, 7) is 8.64. The van der Waals surface area contributed by atoms with Gasteiger partial charge in [0.05, 0.1) is 6.10 Å². The van der Waals surface area contributed by atoms with E-state index in [4.69, 9.17) is 4.74 Å². The standard InChI is InChI=1S/C14H22O/c1-5-12(4)9-13-7-6-8-14(10-13)15-11(2)3/h6-8,10-12H,5,9H2,1-4H3. The molecule has 0 spiro atoms. The minimum atomic E-state index is 0.254. The van der Waals surface area contributed by atoms with E-state index in [1.54, 1.807) is 0 Å². The molecule has 84 valence electrons. The lowest BCUT2D eigenvalue weighted by Crippen LogP contribution is -2.06. The van der Waals surface area contributed by atoms with Gasteiger partial charge in [0.2, 0.25) is 0 Å². The monoisotopic (exact) mass is 206 g/mol. The molecule has 0 fully saturated rings. The normalized spacial score (nSPS) is 12.9. The van der Waals surface area contributed by atoms with E-state index in [0.717, 1.165) is 18.1 Å². The zero-order valence-corrected chi connectivity index (χ0v) is 10.3. The second kappa shape index (κ2) is 5.79. The van der Waals surface area contributed by atoms with Gasteiger partial charge in [0.1, 0.15) is 5.75 Å². The quantitative estimate of drug-likeness (QED) is 0.706. The van der Waals surface area contributed by atoms with Gasteiger partial charge in [-0.25, -0.2) is 0 Å². The highest BCUT2D eigenvalue weighted by molar-refractivity contribution is 5.28. The molecular formula is C14H22O. The van der Waals surface area contributed by atoms with Crippen LogP contribution in [0.15, 0.2) is 24.3 Å². The first-order chi connectivity index (χ1) is 7.11. The first kappa shape index (κ1) is 12.1. The number of rotatable bonds is 5. The summed E-state index contributed by atoms with van der Waals surface area (Å²) in [5.41, 5.74) is 1.38. The minimum absolute atomic E-state index is 0.254. The van der Waals surface area contributed by atoms with E-state index in [1.165, 1.54) is 12.0 Å². The SMILES string of the molecule is CCC(C)Cc1cccc(OC(C)C)c1. The third-order valence-corrected chi connectivity index (χ3v) is 2.55. The van der Waals surface area contributed by atoms with E-state index in [-0.39, 0.29) is 6.10 Å². The number of hydrogen-bond donors (Lipinski definition) is 0. The van der Waals surface area contributed by atoms with Gasteiger partial charge in [-0.15, -0.1) is 0 Å². The molecule has 1 unspecified atom stereocenters. The summed E-state index contributed by atoms with van der Waals surface area (Å²) in [4.78, 5) is 0. The fraction of sp³-hybridized carbons (Fsp3) is 0.571. The molecule has 0 aliphatic heterocycles. The van der Waals surface area contributed by atoms with E-state index in [2.05, 4.69) is 45.9 Å². The van der Waals surface area contributed by atoms with Crippen molar-refractivity contribution in [3.63, 3.8) is 0 Å². The van der Waals surface area contributed by atoms with Crippen LogP contribution in [0.4, 0.5) is 0 Å². The molecule has 0 heterocycles. The minimum Gasteiger partial charge on any atom is -0.491 e. The van der Waals surface area contributed by atoms with Gasteiger partial charge >= 0.3 is 0 Å². The van der Waals surface area contributed by atoms with Crippen LogP contribution in [0.1, 0.15) is 39.7 Å². The predicted molar refractivity (Wildman–Crippen MR) is 65.4 cm³/mol. The Bertz CT molecular complexity index is 291. The van der Waals surface area contributed by atoms with Crippen molar-refractivity contribution in [2.45, 2.75) is 46.6 Å².